The quantitative estimate of drug-likeness (QED) is 0.176. The second-order valence-corrected chi connectivity index (χ2v) is 8.80. The van der Waals surface area contributed by atoms with E-state index in [2.05, 4.69) is 5.32 Å². The molecule has 1 heterocycles. The highest BCUT2D eigenvalue weighted by Crippen LogP contribution is 2.40. The van der Waals surface area contributed by atoms with Crippen LogP contribution in [0.2, 0.25) is 0 Å². The fourth-order valence-corrected chi connectivity index (χ4v) is 4.27. The predicted molar refractivity (Wildman–Crippen MR) is 147 cm³/mol. The van der Waals surface area contributed by atoms with Crippen molar-refractivity contribution in [2.75, 3.05) is 33.9 Å². The topological polar surface area (TPSA) is 163 Å². The molecular weight excluding hydrogens is 544 g/mol. The van der Waals surface area contributed by atoms with Gasteiger partial charge < -0.3 is 25.3 Å². The first-order valence-corrected chi connectivity index (χ1v) is 12.0. The van der Waals surface area contributed by atoms with E-state index in [1.54, 1.807) is 13.0 Å². The zero-order valence-corrected chi connectivity index (χ0v) is 23.1. The fraction of sp³-hybridized carbons (Fsp3) is 0.296. The van der Waals surface area contributed by atoms with Gasteiger partial charge in [0, 0.05) is 30.9 Å². The van der Waals surface area contributed by atoms with Gasteiger partial charge in [0.2, 0.25) is 0 Å². The van der Waals surface area contributed by atoms with Gasteiger partial charge in [-0.15, -0.1) is 12.4 Å². The number of likely N-dealkylation sites (N-methyl/N-ethyl adjacent to an activating group) is 1. The van der Waals surface area contributed by atoms with Gasteiger partial charge in [0.15, 0.2) is 0 Å². The Hall–Kier alpha value is -4.42. The average molecular weight is 575 g/mol. The minimum absolute atomic E-state index is 0. The Morgan fingerprint density at radius 3 is 2.38 bits per heavy atom. The summed E-state index contributed by atoms with van der Waals surface area (Å²) in [6, 6.07) is 15.4. The zero-order chi connectivity index (χ0) is 28.5. The second-order valence-electron chi connectivity index (χ2n) is 8.80. The maximum Gasteiger partial charge on any atom is 0.404 e. The highest BCUT2D eigenvalue weighted by molar-refractivity contribution is 6.00. The first kappa shape index (κ1) is 31.8. The number of allylic oxidation sites excluding steroid dienone is 1. The number of hydrogen-bond donors (Lipinski definition) is 2. The van der Waals surface area contributed by atoms with Gasteiger partial charge in [-0.05, 0) is 25.1 Å². The van der Waals surface area contributed by atoms with E-state index in [1.165, 1.54) is 18.2 Å². The van der Waals surface area contributed by atoms with Crippen molar-refractivity contribution in [2.24, 2.45) is 5.73 Å². The summed E-state index contributed by atoms with van der Waals surface area (Å²) in [7, 11) is 3.04. The number of carbonyl (C=O) groups excluding carboxylic acids is 3. The van der Waals surface area contributed by atoms with Crippen molar-refractivity contribution >= 4 is 36.1 Å². The number of halogens is 1. The Morgan fingerprint density at radius 2 is 1.75 bits per heavy atom. The summed E-state index contributed by atoms with van der Waals surface area (Å²) < 4.78 is 15.5. The number of primary amides is 1. The second kappa shape index (κ2) is 14.7. The summed E-state index contributed by atoms with van der Waals surface area (Å²) in [5, 5.41) is 14.4. The van der Waals surface area contributed by atoms with Gasteiger partial charge in [0.1, 0.15) is 13.2 Å². The molecule has 0 saturated heterocycles. The van der Waals surface area contributed by atoms with E-state index in [9.17, 15) is 24.5 Å². The smallest absolute Gasteiger partial charge is 0.404 e. The SMILES string of the molecule is COC(=O)C1=C(COC(N)=O)NC(C)=C(C(=O)OCCN(C)Cc2ccccc2)C1c1cccc([N+](=O)[O-])c1.Cl. The molecule has 3 N–H and O–H groups in total. The number of dihydropyridines is 1. The Labute approximate surface area is 237 Å². The molecule has 0 aromatic heterocycles. The molecule has 0 spiro atoms. The van der Waals surface area contributed by atoms with Crippen LogP contribution in [0.15, 0.2) is 77.1 Å². The molecule has 0 saturated carbocycles. The maximum atomic E-state index is 13.4. The van der Waals surface area contributed by atoms with Crippen LogP contribution in [0.4, 0.5) is 10.5 Å². The number of nitrogens with two attached hydrogens (primary N) is 1. The van der Waals surface area contributed by atoms with Crippen LogP contribution in [0.5, 0.6) is 0 Å². The van der Waals surface area contributed by atoms with Crippen LogP contribution >= 0.6 is 12.4 Å². The summed E-state index contributed by atoms with van der Waals surface area (Å²) in [6.07, 6.45) is -1.08. The van der Waals surface area contributed by atoms with Crippen molar-refractivity contribution < 1.29 is 33.5 Å². The number of nitro benzene ring substituents is 1. The third kappa shape index (κ3) is 8.04. The van der Waals surface area contributed by atoms with E-state index in [0.717, 1.165) is 12.7 Å². The zero-order valence-electron chi connectivity index (χ0n) is 22.2. The number of rotatable bonds is 11. The lowest BCUT2D eigenvalue weighted by Crippen LogP contribution is -2.35. The molecule has 1 aliphatic rings. The summed E-state index contributed by atoms with van der Waals surface area (Å²) >= 11 is 0. The van der Waals surface area contributed by atoms with Gasteiger partial charge in [-0.1, -0.05) is 42.5 Å². The standard InChI is InChI=1S/C27H30N4O8.ClH/c1-17-22(26(33)38-13-12-30(2)15-18-8-5-4-6-9-18)23(19-10-7-11-20(14-19)31(35)36)24(25(32)37-3)21(29-17)16-39-27(28)34;/h4-11,14,23,29H,12-13,15-16H2,1-3H3,(H2,28,34);1H. The number of nitro groups is 1. The lowest BCUT2D eigenvalue weighted by atomic mass is 9.80. The fourth-order valence-electron chi connectivity index (χ4n) is 4.27. The van der Waals surface area contributed by atoms with Crippen molar-refractivity contribution in [1.29, 1.82) is 0 Å². The molecule has 3 rings (SSSR count). The highest BCUT2D eigenvalue weighted by atomic mass is 35.5. The molecule has 214 valence electrons. The Morgan fingerprint density at radius 1 is 1.05 bits per heavy atom. The van der Waals surface area contributed by atoms with E-state index < -0.39 is 35.5 Å². The van der Waals surface area contributed by atoms with Gasteiger partial charge >= 0.3 is 18.0 Å². The maximum absolute atomic E-state index is 13.4. The van der Waals surface area contributed by atoms with Crippen molar-refractivity contribution in [3.63, 3.8) is 0 Å². The van der Waals surface area contributed by atoms with Gasteiger partial charge in [-0.25, -0.2) is 14.4 Å². The first-order chi connectivity index (χ1) is 18.6. The predicted octanol–water partition coefficient (Wildman–Crippen LogP) is 3.18. The molecule has 1 atom stereocenters. The summed E-state index contributed by atoms with van der Waals surface area (Å²) in [6.45, 7) is 2.29. The molecule has 1 amide bonds. The van der Waals surface area contributed by atoms with Crippen molar-refractivity contribution in [1.82, 2.24) is 10.2 Å². The van der Waals surface area contributed by atoms with Gasteiger partial charge in [-0.3, -0.25) is 15.0 Å². The third-order valence-electron chi connectivity index (χ3n) is 6.04. The molecule has 1 aliphatic heterocycles. The number of nitrogens with one attached hydrogen (secondary N) is 1. The van der Waals surface area contributed by atoms with Crippen LogP contribution in [0.3, 0.4) is 0 Å². The van der Waals surface area contributed by atoms with Crippen molar-refractivity contribution in [3.05, 3.63) is 98.4 Å². The molecule has 2 aromatic carbocycles. The van der Waals surface area contributed by atoms with E-state index in [1.807, 2.05) is 42.3 Å². The van der Waals surface area contributed by atoms with Gasteiger partial charge in [0.25, 0.3) is 5.69 Å². The van der Waals surface area contributed by atoms with Crippen LogP contribution in [0, 0.1) is 10.1 Å². The number of esters is 2. The van der Waals surface area contributed by atoms with Crippen molar-refractivity contribution in [2.45, 2.75) is 19.4 Å². The molecular formula is C27H31ClN4O8. The van der Waals surface area contributed by atoms with Crippen LogP contribution in [-0.2, 0) is 30.3 Å². The van der Waals surface area contributed by atoms with E-state index in [4.69, 9.17) is 19.9 Å². The minimum atomic E-state index is -1.11. The van der Waals surface area contributed by atoms with Crippen molar-refractivity contribution in [3.8, 4) is 0 Å². The van der Waals surface area contributed by atoms with Gasteiger partial charge in [-0.2, -0.15) is 0 Å². The molecule has 0 aliphatic carbocycles. The Balaban J connectivity index is 0.00000560. The Bertz CT molecular complexity index is 1310. The third-order valence-corrected chi connectivity index (χ3v) is 6.04. The summed E-state index contributed by atoms with van der Waals surface area (Å²) in [4.78, 5) is 50.5. The molecule has 2 aromatic rings. The molecule has 12 nitrogen and oxygen atoms in total. The number of benzene rings is 2. The number of ether oxygens (including phenoxy) is 3. The molecule has 0 radical (unpaired) electrons. The highest BCUT2D eigenvalue weighted by Gasteiger charge is 2.39. The lowest BCUT2D eigenvalue weighted by molar-refractivity contribution is -0.384. The summed E-state index contributed by atoms with van der Waals surface area (Å²) in [5.41, 5.74) is 6.66. The molecule has 0 bridgehead atoms. The van der Waals surface area contributed by atoms with E-state index >= 15 is 0 Å². The number of nitrogens with zero attached hydrogens (tertiary/aromatic N) is 2. The molecule has 13 heteroatoms. The molecule has 40 heavy (non-hydrogen) atoms. The van der Waals surface area contributed by atoms with Crippen LogP contribution < -0.4 is 11.1 Å². The Kier molecular flexibility index (Phi) is 11.7. The number of non-ortho nitro benzene ring substituents is 1. The average Bonchev–Trinajstić information content (AvgIpc) is 2.91. The lowest BCUT2D eigenvalue weighted by Gasteiger charge is -2.31. The molecule has 1 unspecified atom stereocenters. The number of amides is 1. The minimum Gasteiger partial charge on any atom is -0.466 e. The largest absolute Gasteiger partial charge is 0.466 e. The summed E-state index contributed by atoms with van der Waals surface area (Å²) in [5.74, 6) is -2.66. The van der Waals surface area contributed by atoms with Crippen LogP contribution in [0.1, 0.15) is 24.0 Å². The van der Waals surface area contributed by atoms with E-state index in [0.29, 0.717) is 18.8 Å². The van der Waals surface area contributed by atoms with Crippen LogP contribution in [0.25, 0.3) is 0 Å². The monoisotopic (exact) mass is 574 g/mol. The van der Waals surface area contributed by atoms with E-state index in [-0.39, 0.29) is 47.1 Å². The van der Waals surface area contributed by atoms with Gasteiger partial charge in [0.05, 0.1) is 34.8 Å². The normalized spacial score (nSPS) is 14.7. The first-order valence-electron chi connectivity index (χ1n) is 12.0. The van der Waals surface area contributed by atoms with Crippen LogP contribution in [-0.4, -0.2) is 61.8 Å². The number of hydrogen-bond acceptors (Lipinski definition) is 10. The molecule has 0 fully saturated rings. The number of carbonyl (C=O) groups is 3. The number of methoxy groups -OCH3 is 1.